The van der Waals surface area contributed by atoms with Crippen LogP contribution in [0, 0.1) is 23.7 Å². The first kappa shape index (κ1) is 105. The number of ketones is 5. The lowest BCUT2D eigenvalue weighted by molar-refractivity contribution is -0.141. The number of rotatable bonds is 31. The fourth-order valence-electron chi connectivity index (χ4n) is 18.0. The van der Waals surface area contributed by atoms with E-state index in [-0.39, 0.29) is 129 Å². The molecule has 0 bridgehead atoms. The van der Waals surface area contributed by atoms with Crippen LogP contribution in [0.2, 0.25) is 0 Å². The molecule has 4 aliphatic rings. The van der Waals surface area contributed by atoms with Crippen LogP contribution in [0.15, 0.2) is 152 Å². The van der Waals surface area contributed by atoms with Gasteiger partial charge in [-0.15, -0.1) is 0 Å². The van der Waals surface area contributed by atoms with E-state index in [4.69, 9.17) is 20.9 Å². The number of primary amides is 2. The van der Waals surface area contributed by atoms with Crippen molar-refractivity contribution in [3.05, 3.63) is 196 Å². The molecule has 740 valence electrons. The number of aromatic amines is 1. The molecule has 0 radical (unpaired) electrons. The number of carbonyl (C=O) groups is 17. The molecule has 4 heterocycles. The summed E-state index contributed by atoms with van der Waals surface area (Å²) in [6.07, 6.45) is 6.24. The first-order valence-corrected chi connectivity index (χ1v) is 47.3. The van der Waals surface area contributed by atoms with Crippen LogP contribution in [0.4, 0.5) is 0 Å². The van der Waals surface area contributed by atoms with Crippen molar-refractivity contribution < 1.29 is 117 Å². The Hall–Kier alpha value is -14.3. The highest BCUT2D eigenvalue weighted by atomic mass is 16.6. The molecule has 3 aliphatic heterocycles. The van der Waals surface area contributed by atoms with Crippen molar-refractivity contribution in [2.45, 2.75) is 254 Å². The van der Waals surface area contributed by atoms with Gasteiger partial charge in [-0.05, 0) is 189 Å². The van der Waals surface area contributed by atoms with Gasteiger partial charge in [0.15, 0.2) is 17.2 Å². The van der Waals surface area contributed by atoms with E-state index in [2.05, 4.69) is 52.8 Å². The molecule has 139 heavy (non-hydrogen) atoms. The average molecular weight is 1910 g/mol. The Balaban J connectivity index is 0.883. The molecule has 11 rings (SSSR count). The number of allylic oxidation sites excluding steroid dienone is 2. The number of aliphatic carboxylic acids is 1. The summed E-state index contributed by atoms with van der Waals surface area (Å²) in [4.78, 5) is 246. The van der Waals surface area contributed by atoms with E-state index < -0.39 is 215 Å². The van der Waals surface area contributed by atoms with E-state index >= 15 is 28.8 Å². The molecule has 1 aromatic heterocycles. The molecule has 36 heteroatoms. The van der Waals surface area contributed by atoms with Crippen LogP contribution in [0.5, 0.6) is 28.7 Å². The van der Waals surface area contributed by atoms with E-state index in [9.17, 15) is 78.3 Å². The molecule has 1 saturated carbocycles. The van der Waals surface area contributed by atoms with Crippen molar-refractivity contribution in [2.75, 3.05) is 13.2 Å². The number of benzene rings is 6. The molecule has 7 aromatic rings. The zero-order valence-electron chi connectivity index (χ0n) is 78.5. The van der Waals surface area contributed by atoms with E-state index in [1.165, 1.54) is 95.3 Å². The van der Waals surface area contributed by atoms with Crippen molar-refractivity contribution in [2.24, 2.45) is 35.1 Å². The number of carboxylic acid groups (broad SMARTS) is 1. The topological polar surface area (TPSA) is 586 Å². The summed E-state index contributed by atoms with van der Waals surface area (Å²) < 4.78 is 12.3. The minimum Gasteiger partial charge on any atom is -0.508 e. The number of H-pyrrole nitrogens is 1. The molecule has 1 fully saturated rings. The minimum absolute atomic E-state index is 0.00879. The highest BCUT2D eigenvalue weighted by Crippen LogP contribution is 2.57. The quantitative estimate of drug-likeness (QED) is 0.00871. The number of amides is 10. The lowest BCUT2D eigenvalue weighted by Gasteiger charge is -2.36. The zero-order chi connectivity index (χ0) is 101. The number of Topliss-reactive ketones (excluding diaryl/α,β-unsaturated/α-hetero) is 5. The van der Waals surface area contributed by atoms with Gasteiger partial charge < -0.3 is 99.3 Å². The Kier molecular flexibility index (Phi) is 36.4. The zero-order valence-corrected chi connectivity index (χ0v) is 78.5. The lowest BCUT2D eigenvalue weighted by atomic mass is 9.77. The van der Waals surface area contributed by atoms with E-state index in [0.29, 0.717) is 89.2 Å². The number of aliphatic hydroxyl groups is 1. The van der Waals surface area contributed by atoms with Gasteiger partial charge in [-0.25, -0.2) is 4.79 Å². The molecule has 19 N–H and O–H groups in total. The summed E-state index contributed by atoms with van der Waals surface area (Å²) in [5.41, 5.74) is 8.98. The second kappa shape index (κ2) is 48.1. The summed E-state index contributed by atoms with van der Waals surface area (Å²) in [5, 5.41) is 77.1. The highest BCUT2D eigenvalue weighted by Gasteiger charge is 2.54. The van der Waals surface area contributed by atoms with Gasteiger partial charge >= 0.3 is 11.9 Å². The second-order valence-corrected chi connectivity index (χ2v) is 37.2. The van der Waals surface area contributed by atoms with Crippen LogP contribution in [0.25, 0.3) is 10.9 Å². The first-order valence-electron chi connectivity index (χ1n) is 47.3. The van der Waals surface area contributed by atoms with Gasteiger partial charge in [-0.2, -0.15) is 0 Å². The average Bonchev–Trinajstić information content (AvgIpc) is 1.50. The van der Waals surface area contributed by atoms with Crippen molar-refractivity contribution in [3.8, 4) is 28.7 Å². The number of esters is 1. The number of nitrogens with one attached hydrogen (secondary N) is 10. The van der Waals surface area contributed by atoms with E-state index in [1.54, 1.807) is 79.0 Å². The van der Waals surface area contributed by atoms with Crippen molar-refractivity contribution >= 4 is 111 Å². The third-order valence-electron chi connectivity index (χ3n) is 26.4. The number of aliphatic hydroxyl groups excluding tert-OH is 1. The number of phenolic OH excluding ortho intramolecular Hbond substituents is 3. The Morgan fingerprint density at radius 3 is 1.90 bits per heavy atom. The van der Waals surface area contributed by atoms with Crippen LogP contribution in [0.3, 0.4) is 0 Å². The van der Waals surface area contributed by atoms with E-state index in [0.717, 1.165) is 6.42 Å². The third kappa shape index (κ3) is 27.8. The third-order valence-corrected chi connectivity index (χ3v) is 26.4. The monoisotopic (exact) mass is 1910 g/mol. The van der Waals surface area contributed by atoms with E-state index in [1.807, 2.05) is 12.2 Å². The maximum absolute atomic E-state index is 15.7. The largest absolute Gasteiger partial charge is 0.508 e. The first-order chi connectivity index (χ1) is 66.2. The Morgan fingerprint density at radius 1 is 0.590 bits per heavy atom. The number of carbonyl (C=O) groups excluding carboxylic acids is 16. The van der Waals surface area contributed by atoms with Gasteiger partial charge in [0.05, 0.1) is 36.2 Å². The van der Waals surface area contributed by atoms with Crippen LogP contribution < -0.4 is 64.1 Å². The van der Waals surface area contributed by atoms with Gasteiger partial charge in [0.1, 0.15) is 69.8 Å². The lowest BCUT2D eigenvalue weighted by Crippen LogP contribution is -2.63. The predicted molar refractivity (Wildman–Crippen MR) is 508 cm³/mol. The Labute approximate surface area is 803 Å². The Bertz CT molecular complexity index is 5720. The molecule has 36 nitrogen and oxygen atoms in total. The molecular weight excluding hydrogens is 1790 g/mol. The van der Waals surface area contributed by atoms with Gasteiger partial charge in [0.25, 0.3) is 0 Å². The molecule has 0 saturated heterocycles. The smallest absolute Gasteiger partial charge is 0.340 e. The second-order valence-electron chi connectivity index (χ2n) is 37.2. The fourth-order valence-corrected chi connectivity index (χ4v) is 18.0. The normalized spacial score (nSPS) is 22.2. The van der Waals surface area contributed by atoms with Crippen molar-refractivity contribution in [1.82, 2.24) is 52.8 Å². The number of ether oxygens (including phenoxy) is 2. The number of aromatic nitrogens is 1. The van der Waals surface area contributed by atoms with Gasteiger partial charge in [0.2, 0.25) is 70.6 Å². The molecule has 6 aromatic carbocycles. The molecule has 3 unspecified atom stereocenters. The maximum atomic E-state index is 15.7. The highest BCUT2D eigenvalue weighted by molar-refractivity contribution is 6.41. The van der Waals surface area contributed by atoms with Crippen LogP contribution >= 0.6 is 0 Å². The predicted octanol–water partition coefficient (Wildman–Crippen LogP) is 7.39. The summed E-state index contributed by atoms with van der Waals surface area (Å²) in [5.74, 6) is -18.9. The maximum Gasteiger partial charge on any atom is 0.340 e. The molecule has 1 spiro atoms. The SMILES string of the molecule is CC(NC(=O)[C@H](C)NC(=O)C(CO)NC(=O)[C@]1(C)CCC/C=C/CCCCCC[C@@](C)(NC(=O)[C@@H](CC(=O)CCCC(=O)c2ccc3c(c2)C(=O)OC32c3ccc(O)cc3Oc3cc(O)ccc32)Cc2ccccc2)C(=O)N[C@@H](CCC(=O)O)C(=O)N[C@@H](Cc2ccc(O)cc2)C(=O)C[C@@H](Cc2c[nH]c3ccccc23)C(=O)NC(C)C(=O)C(=O)[C@H](CCC(N)=O)NC[C@@H](CC2CCC2)C(=O)N1)C(N)=O. The number of hydrogen-bond acceptors (Lipinski definition) is 24. The number of para-hydroxylation sites is 1. The minimum atomic E-state index is -1.97. The number of phenols is 3. The number of aromatic hydroxyl groups is 3. The number of nitrogens with two attached hydrogens (primary N) is 2. The summed E-state index contributed by atoms with van der Waals surface area (Å²) in [6, 6.07) is 23.8. The van der Waals surface area contributed by atoms with Gasteiger partial charge in [0, 0.05) is 108 Å². The molecule has 12 atom stereocenters. The standard InChI is InChI=1S/C103H124N12O24/c1-58-89(126)90(127)79(40-42-87(104)123)107-56-68(47-62-24-20-25-62)95(132)115-102(5,100(137)113-82(57-116)97(134)110-60(3)92(129)109-59(2)91(105)128)45-19-12-10-8-6-7-9-11-18-44-101(4,99(136)112-80(41-43-88(124)125)96(133)111-81(48-63-30-33-69(117)34-31-63)84(122)52-66(93(130)108-58)49-67-55-106-78-28-17-16-27-73(67)78)114-94(131)65(46-61-22-14-13-15-23-61)50-70(118)26-21-29-83(121)64-32-37-75-74(51-64)98(135)139-103(75)76-38-35-71(119)53-85(76)138-86-54-72(120)36-39-77(86)103/h8,10,13-17,22-23,27-28,30-39,51,53-55,58-60,62,65-66,68,79-82,106-107,116-117,119-120H,6-7,9,11-12,18-21,24-26,29,40-50,52,56-57H2,1-5H3,(H2,104,123)(H2,105,128)(H,108,130)(H,109,129)(H,110,134)(H,111,133)(H,112,136)(H,113,137)(H,114,131)(H,115,132)(H,124,125)/b10-8+/t58?,59?,60-,65+,66+,68+,79-,80-,81-,82?,101+,102-/m0/s1. The van der Waals surface area contributed by atoms with Crippen molar-refractivity contribution in [3.63, 3.8) is 0 Å². The summed E-state index contributed by atoms with van der Waals surface area (Å²) in [6.45, 7) is 5.38. The molecular formula is C103H124N12O24. The van der Waals surface area contributed by atoms with Crippen molar-refractivity contribution in [1.29, 1.82) is 0 Å². The Morgan fingerprint density at radius 2 is 1.24 bits per heavy atom. The molecule has 10 amide bonds. The van der Waals surface area contributed by atoms with Crippen LogP contribution in [-0.2, 0) is 102 Å². The van der Waals surface area contributed by atoms with Crippen LogP contribution in [0.1, 0.15) is 230 Å². The summed E-state index contributed by atoms with van der Waals surface area (Å²) >= 11 is 0. The number of hydrogen-bond donors (Lipinski definition) is 17. The van der Waals surface area contributed by atoms with Gasteiger partial charge in [-0.3, -0.25) is 76.7 Å². The van der Waals surface area contributed by atoms with Gasteiger partial charge in [-0.1, -0.05) is 123 Å². The molecule has 1 aliphatic carbocycles. The number of fused-ring (bicyclic) bond motifs is 7. The summed E-state index contributed by atoms with van der Waals surface area (Å²) in [7, 11) is 0. The fraction of sp³-hybridized carbons (Fsp3) is 0.447. The van der Waals surface area contributed by atoms with Crippen LogP contribution in [-0.4, -0.2) is 197 Å². The number of carboxylic acids is 1.